The van der Waals surface area contributed by atoms with Crippen LogP contribution in [0.2, 0.25) is 0 Å². The predicted molar refractivity (Wildman–Crippen MR) is 77.8 cm³/mol. The molecule has 0 bridgehead atoms. The van der Waals surface area contributed by atoms with E-state index in [4.69, 9.17) is 9.47 Å². The van der Waals surface area contributed by atoms with Crippen LogP contribution in [0.4, 0.5) is 0 Å². The topological polar surface area (TPSA) is 30.5 Å². The molecule has 0 aliphatic heterocycles. The van der Waals surface area contributed by atoms with Gasteiger partial charge in [-0.05, 0) is 36.0 Å². The van der Waals surface area contributed by atoms with E-state index in [0.29, 0.717) is 11.5 Å². The minimum atomic E-state index is 0.413. The monoisotopic (exact) mass is 263 g/mol. The highest BCUT2D eigenvalue weighted by atomic mass is 16.5. The largest absolute Gasteiger partial charge is 0.493 e. The average Bonchev–Trinajstić information content (AvgIpc) is 2.75. The van der Waals surface area contributed by atoms with E-state index in [1.165, 1.54) is 24.8 Å². The molecule has 0 saturated heterocycles. The zero-order valence-electron chi connectivity index (χ0n) is 12.5. The van der Waals surface area contributed by atoms with Crippen molar-refractivity contribution in [2.24, 2.45) is 5.41 Å². The van der Waals surface area contributed by atoms with E-state index >= 15 is 0 Å². The minimum Gasteiger partial charge on any atom is -0.493 e. The molecule has 2 rings (SSSR count). The zero-order valence-corrected chi connectivity index (χ0v) is 12.5. The molecule has 1 aliphatic carbocycles. The number of ether oxygens (including phenoxy) is 2. The van der Waals surface area contributed by atoms with Crippen LogP contribution >= 0.6 is 0 Å². The number of benzene rings is 1. The van der Waals surface area contributed by atoms with Crippen LogP contribution in [0.5, 0.6) is 11.5 Å². The Kier molecular flexibility index (Phi) is 4.35. The SMILES string of the molecule is COc1ccc(CNC2CCCC2(C)C)cc1OC. The third-order valence-electron chi connectivity index (χ3n) is 4.26. The zero-order chi connectivity index (χ0) is 13.9. The number of rotatable bonds is 5. The normalized spacial score (nSPS) is 21.4. The Morgan fingerprint density at radius 3 is 2.53 bits per heavy atom. The second-order valence-electron chi connectivity index (χ2n) is 6.00. The third-order valence-corrected chi connectivity index (χ3v) is 4.26. The molecular formula is C16H25NO2. The summed E-state index contributed by atoms with van der Waals surface area (Å²) in [5.41, 5.74) is 1.65. The van der Waals surface area contributed by atoms with Gasteiger partial charge in [0.05, 0.1) is 14.2 Å². The lowest BCUT2D eigenvalue weighted by molar-refractivity contribution is 0.282. The maximum atomic E-state index is 5.34. The molecule has 19 heavy (non-hydrogen) atoms. The maximum Gasteiger partial charge on any atom is 0.161 e. The summed E-state index contributed by atoms with van der Waals surface area (Å²) in [5, 5.41) is 3.68. The van der Waals surface area contributed by atoms with Crippen LogP contribution in [-0.2, 0) is 6.54 Å². The van der Waals surface area contributed by atoms with Crippen molar-refractivity contribution >= 4 is 0 Å². The first-order valence-corrected chi connectivity index (χ1v) is 7.01. The Balaban J connectivity index is 2.00. The van der Waals surface area contributed by atoms with Crippen molar-refractivity contribution in [3.63, 3.8) is 0 Å². The van der Waals surface area contributed by atoms with Gasteiger partial charge < -0.3 is 14.8 Å². The number of methoxy groups -OCH3 is 2. The third kappa shape index (κ3) is 3.21. The van der Waals surface area contributed by atoms with Gasteiger partial charge in [0.25, 0.3) is 0 Å². The first-order valence-electron chi connectivity index (χ1n) is 7.01. The molecule has 3 heteroatoms. The quantitative estimate of drug-likeness (QED) is 0.883. The van der Waals surface area contributed by atoms with Gasteiger partial charge in [0.1, 0.15) is 0 Å². The lowest BCUT2D eigenvalue weighted by atomic mass is 9.87. The van der Waals surface area contributed by atoms with E-state index in [1.54, 1.807) is 14.2 Å². The van der Waals surface area contributed by atoms with Gasteiger partial charge in [0.15, 0.2) is 11.5 Å². The van der Waals surface area contributed by atoms with Gasteiger partial charge in [0.2, 0.25) is 0 Å². The molecule has 3 nitrogen and oxygen atoms in total. The highest BCUT2D eigenvalue weighted by molar-refractivity contribution is 5.42. The summed E-state index contributed by atoms with van der Waals surface area (Å²) < 4.78 is 10.6. The van der Waals surface area contributed by atoms with Crippen molar-refractivity contribution < 1.29 is 9.47 Å². The summed E-state index contributed by atoms with van der Waals surface area (Å²) in [6.45, 7) is 5.59. The van der Waals surface area contributed by atoms with Crippen LogP contribution in [-0.4, -0.2) is 20.3 Å². The van der Waals surface area contributed by atoms with Crippen LogP contribution < -0.4 is 14.8 Å². The van der Waals surface area contributed by atoms with E-state index in [9.17, 15) is 0 Å². The van der Waals surface area contributed by atoms with Crippen molar-refractivity contribution in [2.75, 3.05) is 14.2 Å². The van der Waals surface area contributed by atoms with Gasteiger partial charge in [-0.25, -0.2) is 0 Å². The van der Waals surface area contributed by atoms with Crippen LogP contribution in [0.3, 0.4) is 0 Å². The summed E-state index contributed by atoms with van der Waals surface area (Å²) in [5.74, 6) is 1.58. The molecule has 1 fully saturated rings. The van der Waals surface area contributed by atoms with Crippen molar-refractivity contribution in [1.82, 2.24) is 5.32 Å². The lowest BCUT2D eigenvalue weighted by Gasteiger charge is -2.28. The smallest absolute Gasteiger partial charge is 0.161 e. The molecule has 0 heterocycles. The molecule has 1 unspecified atom stereocenters. The number of nitrogens with one attached hydrogen (secondary N) is 1. The molecule has 1 saturated carbocycles. The molecule has 1 aliphatic rings. The molecule has 1 atom stereocenters. The Hall–Kier alpha value is -1.22. The van der Waals surface area contributed by atoms with Crippen molar-refractivity contribution in [3.8, 4) is 11.5 Å². The highest BCUT2D eigenvalue weighted by Crippen LogP contribution is 2.37. The van der Waals surface area contributed by atoms with Gasteiger partial charge in [-0.15, -0.1) is 0 Å². The molecule has 1 N–H and O–H groups in total. The van der Waals surface area contributed by atoms with Gasteiger partial charge in [0, 0.05) is 12.6 Å². The van der Waals surface area contributed by atoms with Crippen molar-refractivity contribution in [1.29, 1.82) is 0 Å². The fourth-order valence-electron chi connectivity index (χ4n) is 2.94. The molecule has 0 aromatic heterocycles. The Morgan fingerprint density at radius 2 is 1.95 bits per heavy atom. The fourth-order valence-corrected chi connectivity index (χ4v) is 2.94. The molecule has 1 aromatic carbocycles. The van der Waals surface area contributed by atoms with E-state index in [2.05, 4.69) is 25.2 Å². The predicted octanol–water partition coefficient (Wildman–Crippen LogP) is 3.37. The van der Waals surface area contributed by atoms with Crippen molar-refractivity contribution in [3.05, 3.63) is 23.8 Å². The molecule has 0 spiro atoms. The first-order chi connectivity index (χ1) is 9.06. The molecule has 106 valence electrons. The van der Waals surface area contributed by atoms with E-state index in [1.807, 2.05) is 12.1 Å². The average molecular weight is 263 g/mol. The van der Waals surface area contributed by atoms with Crippen LogP contribution in [0, 0.1) is 5.41 Å². The molecule has 0 amide bonds. The van der Waals surface area contributed by atoms with Gasteiger partial charge >= 0.3 is 0 Å². The summed E-state index contributed by atoms with van der Waals surface area (Å²) in [4.78, 5) is 0. The van der Waals surface area contributed by atoms with Crippen molar-refractivity contribution in [2.45, 2.75) is 45.7 Å². The standard InChI is InChI=1S/C16H25NO2/c1-16(2)9-5-6-15(16)17-11-12-7-8-13(18-3)14(10-12)19-4/h7-8,10,15,17H,5-6,9,11H2,1-4H3. The second-order valence-corrected chi connectivity index (χ2v) is 6.00. The number of hydrogen-bond acceptors (Lipinski definition) is 3. The van der Waals surface area contributed by atoms with Gasteiger partial charge in [-0.3, -0.25) is 0 Å². The Labute approximate surface area is 116 Å². The summed E-state index contributed by atoms with van der Waals surface area (Å²) >= 11 is 0. The molecule has 1 aromatic rings. The van der Waals surface area contributed by atoms with E-state index in [-0.39, 0.29) is 0 Å². The highest BCUT2D eigenvalue weighted by Gasteiger charge is 2.33. The maximum absolute atomic E-state index is 5.34. The Bertz CT molecular complexity index is 429. The Morgan fingerprint density at radius 1 is 1.21 bits per heavy atom. The van der Waals surface area contributed by atoms with Gasteiger partial charge in [-0.1, -0.05) is 26.3 Å². The summed E-state index contributed by atoms with van der Waals surface area (Å²) in [6, 6.07) is 6.72. The minimum absolute atomic E-state index is 0.413. The van der Waals surface area contributed by atoms with E-state index in [0.717, 1.165) is 18.0 Å². The van der Waals surface area contributed by atoms with Gasteiger partial charge in [-0.2, -0.15) is 0 Å². The fraction of sp³-hybridized carbons (Fsp3) is 0.625. The lowest BCUT2D eigenvalue weighted by Crippen LogP contribution is -2.37. The number of hydrogen-bond donors (Lipinski definition) is 1. The summed E-state index contributed by atoms with van der Waals surface area (Å²) in [7, 11) is 3.34. The first kappa shape index (κ1) is 14.2. The molecular weight excluding hydrogens is 238 g/mol. The second kappa shape index (κ2) is 5.83. The van der Waals surface area contributed by atoms with Crippen LogP contribution in [0.1, 0.15) is 38.7 Å². The molecule has 0 radical (unpaired) electrons. The van der Waals surface area contributed by atoms with Crippen LogP contribution in [0.15, 0.2) is 18.2 Å². The van der Waals surface area contributed by atoms with Crippen LogP contribution in [0.25, 0.3) is 0 Å². The van der Waals surface area contributed by atoms with E-state index < -0.39 is 0 Å². The summed E-state index contributed by atoms with van der Waals surface area (Å²) in [6.07, 6.45) is 3.92.